The van der Waals surface area contributed by atoms with Crippen molar-refractivity contribution in [2.24, 2.45) is 11.8 Å². The van der Waals surface area contributed by atoms with Gasteiger partial charge in [-0.2, -0.15) is 5.26 Å². The van der Waals surface area contributed by atoms with Gasteiger partial charge in [-0.05, 0) is 18.4 Å². The summed E-state index contributed by atoms with van der Waals surface area (Å²) in [5, 5.41) is 8.77. The largest absolute Gasteiger partial charge is 0.478 e. The molecule has 0 radical (unpaired) electrons. The quantitative estimate of drug-likeness (QED) is 0.802. The Morgan fingerprint density at radius 3 is 3.04 bits per heavy atom. The van der Waals surface area contributed by atoms with Crippen molar-refractivity contribution in [2.75, 3.05) is 26.3 Å². The second kappa shape index (κ2) is 7.14. The van der Waals surface area contributed by atoms with Crippen LogP contribution in [0.5, 0.6) is 5.88 Å². The molecule has 2 aliphatic rings. The number of carbonyl (C=O) groups excluding carboxylic acids is 1. The molecule has 2 saturated heterocycles. The van der Waals surface area contributed by atoms with E-state index in [1.807, 2.05) is 6.07 Å². The molecule has 0 aromatic carbocycles. The Bertz CT molecular complexity index is 800. The molecule has 0 spiro atoms. The number of nitriles is 1. The third-order valence-corrected chi connectivity index (χ3v) is 4.98. The first-order valence-electron chi connectivity index (χ1n) is 8.52. The lowest BCUT2D eigenvalue weighted by atomic mass is 9.91. The van der Waals surface area contributed by atoms with Crippen molar-refractivity contribution in [1.82, 2.24) is 14.9 Å². The summed E-state index contributed by atoms with van der Waals surface area (Å²) < 4.78 is 16.4. The summed E-state index contributed by atoms with van der Waals surface area (Å²) in [6.45, 7) is 2.46. The van der Waals surface area contributed by atoms with Gasteiger partial charge in [-0.15, -0.1) is 0 Å². The second-order valence-corrected chi connectivity index (χ2v) is 6.51. The van der Waals surface area contributed by atoms with E-state index in [2.05, 4.69) is 9.97 Å². The van der Waals surface area contributed by atoms with Crippen LogP contribution >= 0.6 is 0 Å². The van der Waals surface area contributed by atoms with Gasteiger partial charge in [0.2, 0.25) is 5.88 Å². The van der Waals surface area contributed by atoms with E-state index < -0.39 is 0 Å². The molecular formula is C18H18N4O4. The van der Waals surface area contributed by atoms with E-state index in [0.717, 1.165) is 6.42 Å². The van der Waals surface area contributed by atoms with Crippen molar-refractivity contribution >= 4 is 5.91 Å². The van der Waals surface area contributed by atoms with Crippen LogP contribution in [0.15, 0.2) is 35.4 Å². The molecule has 134 valence electrons. The zero-order chi connectivity index (χ0) is 17.9. The molecule has 2 fully saturated rings. The highest BCUT2D eigenvalue weighted by Gasteiger charge is 2.45. The Balaban J connectivity index is 1.29. The molecule has 8 nitrogen and oxygen atoms in total. The first kappa shape index (κ1) is 16.5. The van der Waals surface area contributed by atoms with Crippen molar-refractivity contribution in [1.29, 1.82) is 5.26 Å². The summed E-state index contributed by atoms with van der Waals surface area (Å²) in [6, 6.07) is 5.40. The lowest BCUT2D eigenvalue weighted by Crippen LogP contribution is -2.31. The minimum absolute atomic E-state index is 0.0730. The van der Waals surface area contributed by atoms with Gasteiger partial charge in [-0.25, -0.2) is 9.97 Å². The van der Waals surface area contributed by atoms with Crippen LogP contribution in [0.2, 0.25) is 0 Å². The summed E-state index contributed by atoms with van der Waals surface area (Å²) in [4.78, 5) is 22.2. The number of hydrogen-bond donors (Lipinski definition) is 0. The summed E-state index contributed by atoms with van der Waals surface area (Å²) in [6.07, 6.45) is 5.03. The van der Waals surface area contributed by atoms with Crippen LogP contribution in [-0.4, -0.2) is 53.2 Å². The fraction of sp³-hybridized carbons (Fsp3) is 0.444. The van der Waals surface area contributed by atoms with Crippen LogP contribution in [0.25, 0.3) is 0 Å². The van der Waals surface area contributed by atoms with Gasteiger partial charge < -0.3 is 18.8 Å². The van der Waals surface area contributed by atoms with Crippen molar-refractivity contribution < 1.29 is 18.7 Å². The number of hydrogen-bond acceptors (Lipinski definition) is 7. The maximum absolute atomic E-state index is 12.4. The molecule has 26 heavy (non-hydrogen) atoms. The van der Waals surface area contributed by atoms with Gasteiger partial charge in [0.1, 0.15) is 12.3 Å². The normalized spacial score (nSPS) is 24.3. The van der Waals surface area contributed by atoms with Crippen LogP contribution < -0.4 is 4.74 Å². The molecule has 4 heterocycles. The molecule has 0 aliphatic carbocycles. The van der Waals surface area contributed by atoms with Gasteiger partial charge in [-0.1, -0.05) is 0 Å². The zero-order valence-corrected chi connectivity index (χ0v) is 14.1. The molecule has 0 bridgehead atoms. The van der Waals surface area contributed by atoms with Crippen molar-refractivity contribution in [3.8, 4) is 11.9 Å². The van der Waals surface area contributed by atoms with E-state index in [-0.39, 0.29) is 12.0 Å². The summed E-state index contributed by atoms with van der Waals surface area (Å²) in [5.41, 5.74) is 0.837. The van der Waals surface area contributed by atoms with Gasteiger partial charge in [0, 0.05) is 31.3 Å². The summed E-state index contributed by atoms with van der Waals surface area (Å²) in [7, 11) is 0. The molecule has 4 rings (SSSR count). The molecule has 1 amide bonds. The third-order valence-electron chi connectivity index (χ3n) is 4.98. The third kappa shape index (κ3) is 3.26. The van der Waals surface area contributed by atoms with Crippen LogP contribution in [0, 0.1) is 23.2 Å². The maximum atomic E-state index is 12.4. The fourth-order valence-corrected chi connectivity index (χ4v) is 3.59. The molecule has 3 atom stereocenters. The van der Waals surface area contributed by atoms with Crippen LogP contribution in [0.4, 0.5) is 0 Å². The number of carbonyl (C=O) groups is 1. The number of nitrogens with zero attached hydrogens (tertiary/aromatic N) is 4. The minimum Gasteiger partial charge on any atom is -0.478 e. The smallest absolute Gasteiger partial charge is 0.275 e. The number of likely N-dealkylation sites (tertiary alicyclic amines) is 1. The molecule has 0 unspecified atom stereocenters. The number of amides is 1. The monoisotopic (exact) mass is 354 g/mol. The Kier molecular flexibility index (Phi) is 4.54. The number of aromatic nitrogens is 2. The van der Waals surface area contributed by atoms with E-state index in [1.54, 1.807) is 17.0 Å². The first-order valence-corrected chi connectivity index (χ1v) is 8.52. The standard InChI is InChI=1S/C18H18N4O4/c19-5-12-1-2-17(20-6-12)25-4-3-13-9-26-16-8-22(7-14(13)16)18(23)15-10-24-11-21-15/h1-2,6,10-11,13-14,16H,3-4,7-9H2/t13-,14-,16-/m1/s1. The van der Waals surface area contributed by atoms with Gasteiger partial charge in [0.25, 0.3) is 5.91 Å². The number of pyridine rings is 1. The van der Waals surface area contributed by atoms with E-state index in [4.69, 9.17) is 19.2 Å². The number of fused-ring (bicyclic) bond motifs is 1. The highest BCUT2D eigenvalue weighted by Crippen LogP contribution is 2.36. The Labute approximate surface area is 150 Å². The number of rotatable bonds is 5. The lowest BCUT2D eigenvalue weighted by Gasteiger charge is -2.19. The number of oxazole rings is 1. The highest BCUT2D eigenvalue weighted by atomic mass is 16.5. The molecule has 0 saturated carbocycles. The summed E-state index contributed by atoms with van der Waals surface area (Å²) in [5.74, 6) is 1.04. The summed E-state index contributed by atoms with van der Waals surface area (Å²) >= 11 is 0. The highest BCUT2D eigenvalue weighted by molar-refractivity contribution is 5.92. The van der Waals surface area contributed by atoms with Crippen molar-refractivity contribution in [3.63, 3.8) is 0 Å². The van der Waals surface area contributed by atoms with E-state index in [1.165, 1.54) is 18.9 Å². The molecule has 2 aromatic rings. The van der Waals surface area contributed by atoms with E-state index in [9.17, 15) is 4.79 Å². The Hall–Kier alpha value is -2.92. The zero-order valence-electron chi connectivity index (χ0n) is 14.1. The molecule has 2 aliphatic heterocycles. The van der Waals surface area contributed by atoms with E-state index >= 15 is 0 Å². The van der Waals surface area contributed by atoms with E-state index in [0.29, 0.717) is 55.3 Å². The topological polar surface area (TPSA) is 101 Å². The van der Waals surface area contributed by atoms with Gasteiger partial charge in [0.15, 0.2) is 12.1 Å². The number of ether oxygens (including phenoxy) is 2. The van der Waals surface area contributed by atoms with Crippen LogP contribution in [0.3, 0.4) is 0 Å². The second-order valence-electron chi connectivity index (χ2n) is 6.51. The van der Waals surface area contributed by atoms with Crippen molar-refractivity contribution in [2.45, 2.75) is 12.5 Å². The predicted octanol–water partition coefficient (Wildman–Crippen LogP) is 1.50. The van der Waals surface area contributed by atoms with Crippen LogP contribution in [0.1, 0.15) is 22.5 Å². The Morgan fingerprint density at radius 1 is 1.38 bits per heavy atom. The maximum Gasteiger partial charge on any atom is 0.275 e. The van der Waals surface area contributed by atoms with Gasteiger partial charge >= 0.3 is 0 Å². The van der Waals surface area contributed by atoms with Gasteiger partial charge in [0.05, 0.1) is 24.9 Å². The molecule has 2 aromatic heterocycles. The average molecular weight is 354 g/mol. The molecule has 8 heteroatoms. The fourth-order valence-electron chi connectivity index (χ4n) is 3.59. The predicted molar refractivity (Wildman–Crippen MR) is 88.2 cm³/mol. The van der Waals surface area contributed by atoms with Gasteiger partial charge in [-0.3, -0.25) is 4.79 Å². The first-order chi connectivity index (χ1) is 12.7. The Morgan fingerprint density at radius 2 is 2.31 bits per heavy atom. The lowest BCUT2D eigenvalue weighted by molar-refractivity contribution is 0.0667. The van der Waals surface area contributed by atoms with Crippen molar-refractivity contribution in [3.05, 3.63) is 42.2 Å². The minimum atomic E-state index is -0.117. The SMILES string of the molecule is N#Cc1ccc(OCC[C@@H]2CO[C@@H]3CN(C(=O)c4cocn4)C[C@H]23)nc1. The van der Waals surface area contributed by atoms with Crippen LogP contribution in [-0.2, 0) is 4.74 Å². The molecular weight excluding hydrogens is 336 g/mol. The molecule has 0 N–H and O–H groups in total. The average Bonchev–Trinajstić information content (AvgIpc) is 3.40.